The van der Waals surface area contributed by atoms with Gasteiger partial charge in [0.15, 0.2) is 0 Å². The second kappa shape index (κ2) is 5.39. The maximum atomic E-state index is 8.92. The van der Waals surface area contributed by atoms with Crippen LogP contribution in [0.15, 0.2) is 18.2 Å². The van der Waals surface area contributed by atoms with Gasteiger partial charge in [0, 0.05) is 25.3 Å². The summed E-state index contributed by atoms with van der Waals surface area (Å²) in [7, 11) is 0. The first-order valence-electron chi connectivity index (χ1n) is 5.68. The Morgan fingerprint density at radius 3 is 3.19 bits per heavy atom. The monoisotopic (exact) mass is 222 g/mol. The molecule has 0 saturated carbocycles. The summed E-state index contributed by atoms with van der Waals surface area (Å²) in [6.07, 6.45) is 0.0419. The third-order valence-electron chi connectivity index (χ3n) is 2.81. The minimum atomic E-state index is 0.0419. The van der Waals surface area contributed by atoms with E-state index in [1.807, 2.05) is 25.1 Å². The molecule has 0 spiro atoms. The number of rotatable bonds is 3. The highest BCUT2D eigenvalue weighted by Gasteiger charge is 2.22. The van der Waals surface area contributed by atoms with Crippen molar-refractivity contribution in [2.45, 2.75) is 13.0 Å². The molecule has 4 heteroatoms. The van der Waals surface area contributed by atoms with Gasteiger partial charge in [-0.1, -0.05) is 6.07 Å². The lowest BCUT2D eigenvalue weighted by Crippen LogP contribution is -2.40. The topological polar surface area (TPSA) is 45.6 Å². The molecule has 4 nitrogen and oxygen atoms in total. The van der Waals surface area contributed by atoms with Crippen LogP contribution in [0.1, 0.15) is 17.5 Å². The SMILES string of the molecule is Cc1cccc(C2CN(CCO)CCO2)n1. The second-order valence-electron chi connectivity index (χ2n) is 4.09. The number of β-amino-alcohol motifs (C(OH)–C–C–N with tert-alkyl or cyclic N) is 1. The standard InChI is InChI=1S/C12H18N2O2/c1-10-3-2-4-11(13-10)12-9-14(5-7-15)6-8-16-12/h2-4,12,15H,5-9H2,1H3. The molecule has 1 unspecified atom stereocenters. The van der Waals surface area contributed by atoms with Gasteiger partial charge in [-0.2, -0.15) is 0 Å². The highest BCUT2D eigenvalue weighted by molar-refractivity contribution is 5.13. The van der Waals surface area contributed by atoms with Gasteiger partial charge in [-0.25, -0.2) is 0 Å². The number of hydrogen-bond donors (Lipinski definition) is 1. The first kappa shape index (κ1) is 11.5. The molecule has 0 aromatic carbocycles. The number of aliphatic hydroxyl groups excluding tert-OH is 1. The second-order valence-corrected chi connectivity index (χ2v) is 4.09. The lowest BCUT2D eigenvalue weighted by Gasteiger charge is -2.32. The normalized spacial score (nSPS) is 22.2. The molecule has 2 rings (SSSR count). The third-order valence-corrected chi connectivity index (χ3v) is 2.81. The average molecular weight is 222 g/mol. The van der Waals surface area contributed by atoms with Gasteiger partial charge in [-0.05, 0) is 19.1 Å². The van der Waals surface area contributed by atoms with Crippen molar-refractivity contribution in [2.75, 3.05) is 32.8 Å². The van der Waals surface area contributed by atoms with E-state index < -0.39 is 0 Å². The van der Waals surface area contributed by atoms with Crippen molar-refractivity contribution in [3.05, 3.63) is 29.6 Å². The third kappa shape index (κ3) is 2.78. The van der Waals surface area contributed by atoms with Gasteiger partial charge < -0.3 is 9.84 Å². The van der Waals surface area contributed by atoms with Crippen LogP contribution in [-0.2, 0) is 4.74 Å². The molecule has 1 N–H and O–H groups in total. The van der Waals surface area contributed by atoms with E-state index in [9.17, 15) is 0 Å². The predicted octanol–water partition coefficient (Wildman–Crippen LogP) is 0.756. The molecular weight excluding hydrogens is 204 g/mol. The molecule has 0 bridgehead atoms. The van der Waals surface area contributed by atoms with Crippen LogP contribution in [0.2, 0.25) is 0 Å². The quantitative estimate of drug-likeness (QED) is 0.820. The van der Waals surface area contributed by atoms with E-state index >= 15 is 0 Å². The summed E-state index contributed by atoms with van der Waals surface area (Å²) in [5.74, 6) is 0. The van der Waals surface area contributed by atoms with Crippen LogP contribution < -0.4 is 0 Å². The average Bonchev–Trinajstić information content (AvgIpc) is 2.30. The summed E-state index contributed by atoms with van der Waals surface area (Å²) in [5.41, 5.74) is 2.00. The molecule has 1 aromatic rings. The van der Waals surface area contributed by atoms with Gasteiger partial charge in [0.25, 0.3) is 0 Å². The van der Waals surface area contributed by atoms with Crippen molar-refractivity contribution in [3.8, 4) is 0 Å². The molecule has 1 aliphatic rings. The zero-order valence-corrected chi connectivity index (χ0v) is 9.59. The highest BCUT2D eigenvalue weighted by atomic mass is 16.5. The number of aliphatic hydroxyl groups is 1. The number of aromatic nitrogens is 1. The number of morpholine rings is 1. The molecule has 2 heterocycles. The Bertz CT molecular complexity index is 342. The Kier molecular flexibility index (Phi) is 3.88. The lowest BCUT2D eigenvalue weighted by molar-refractivity contribution is -0.0358. The van der Waals surface area contributed by atoms with E-state index in [1.54, 1.807) is 0 Å². The largest absolute Gasteiger partial charge is 0.395 e. The number of nitrogens with zero attached hydrogens (tertiary/aromatic N) is 2. The minimum Gasteiger partial charge on any atom is -0.395 e. The van der Waals surface area contributed by atoms with E-state index in [-0.39, 0.29) is 12.7 Å². The maximum Gasteiger partial charge on any atom is 0.112 e. The van der Waals surface area contributed by atoms with Crippen molar-refractivity contribution in [1.29, 1.82) is 0 Å². The van der Waals surface area contributed by atoms with Gasteiger partial charge in [0.05, 0.1) is 18.9 Å². The van der Waals surface area contributed by atoms with Crippen LogP contribution in [0.3, 0.4) is 0 Å². The predicted molar refractivity (Wildman–Crippen MR) is 61.2 cm³/mol. The Morgan fingerprint density at radius 2 is 2.44 bits per heavy atom. The van der Waals surface area contributed by atoms with E-state index in [4.69, 9.17) is 9.84 Å². The summed E-state index contributed by atoms with van der Waals surface area (Å²) in [4.78, 5) is 6.68. The Labute approximate surface area is 95.9 Å². The van der Waals surface area contributed by atoms with Crippen LogP contribution in [0.25, 0.3) is 0 Å². The zero-order chi connectivity index (χ0) is 11.4. The Balaban J connectivity index is 2.03. The molecule has 0 aliphatic carbocycles. The highest BCUT2D eigenvalue weighted by Crippen LogP contribution is 2.20. The summed E-state index contributed by atoms with van der Waals surface area (Å²) in [6, 6.07) is 5.99. The van der Waals surface area contributed by atoms with E-state index in [0.29, 0.717) is 13.2 Å². The molecule has 1 aromatic heterocycles. The number of pyridine rings is 1. The number of hydrogen-bond acceptors (Lipinski definition) is 4. The van der Waals surface area contributed by atoms with Gasteiger partial charge >= 0.3 is 0 Å². The fraction of sp³-hybridized carbons (Fsp3) is 0.583. The lowest BCUT2D eigenvalue weighted by atomic mass is 10.2. The van der Waals surface area contributed by atoms with Crippen molar-refractivity contribution < 1.29 is 9.84 Å². The molecule has 1 atom stereocenters. The fourth-order valence-corrected chi connectivity index (χ4v) is 1.97. The molecular formula is C12H18N2O2. The molecule has 0 amide bonds. The summed E-state index contributed by atoms with van der Waals surface area (Å²) < 4.78 is 5.71. The van der Waals surface area contributed by atoms with Crippen molar-refractivity contribution in [2.24, 2.45) is 0 Å². The fourth-order valence-electron chi connectivity index (χ4n) is 1.97. The van der Waals surface area contributed by atoms with Crippen LogP contribution >= 0.6 is 0 Å². The summed E-state index contributed by atoms with van der Waals surface area (Å²) in [5, 5.41) is 8.92. The number of ether oxygens (including phenoxy) is 1. The van der Waals surface area contributed by atoms with Crippen LogP contribution in [-0.4, -0.2) is 47.8 Å². The molecule has 1 aliphatic heterocycles. The van der Waals surface area contributed by atoms with Crippen LogP contribution in [0.5, 0.6) is 0 Å². The van der Waals surface area contributed by atoms with Crippen molar-refractivity contribution >= 4 is 0 Å². The van der Waals surface area contributed by atoms with Crippen molar-refractivity contribution in [1.82, 2.24) is 9.88 Å². The summed E-state index contributed by atoms with van der Waals surface area (Å²) >= 11 is 0. The van der Waals surface area contributed by atoms with Crippen LogP contribution in [0, 0.1) is 6.92 Å². The summed E-state index contributed by atoms with van der Waals surface area (Å²) in [6.45, 7) is 5.32. The van der Waals surface area contributed by atoms with Gasteiger partial charge in [0.1, 0.15) is 6.10 Å². The Morgan fingerprint density at radius 1 is 1.56 bits per heavy atom. The van der Waals surface area contributed by atoms with Crippen molar-refractivity contribution in [3.63, 3.8) is 0 Å². The zero-order valence-electron chi connectivity index (χ0n) is 9.59. The first-order valence-corrected chi connectivity index (χ1v) is 5.68. The minimum absolute atomic E-state index is 0.0419. The molecule has 1 fully saturated rings. The molecule has 16 heavy (non-hydrogen) atoms. The van der Waals surface area contributed by atoms with Gasteiger partial charge in [0.2, 0.25) is 0 Å². The van der Waals surface area contributed by atoms with E-state index in [1.165, 1.54) is 0 Å². The molecule has 0 radical (unpaired) electrons. The van der Waals surface area contributed by atoms with E-state index in [2.05, 4.69) is 9.88 Å². The van der Waals surface area contributed by atoms with Gasteiger partial charge in [-0.3, -0.25) is 9.88 Å². The molecule has 1 saturated heterocycles. The Hall–Kier alpha value is -0.970. The first-order chi connectivity index (χ1) is 7.79. The van der Waals surface area contributed by atoms with Gasteiger partial charge in [-0.15, -0.1) is 0 Å². The molecule has 88 valence electrons. The van der Waals surface area contributed by atoms with E-state index in [0.717, 1.165) is 24.5 Å². The maximum absolute atomic E-state index is 8.92. The number of aryl methyl sites for hydroxylation is 1. The smallest absolute Gasteiger partial charge is 0.112 e. The van der Waals surface area contributed by atoms with Crippen LogP contribution in [0.4, 0.5) is 0 Å².